The summed E-state index contributed by atoms with van der Waals surface area (Å²) in [6.07, 6.45) is 1.21. The molecule has 4 heteroatoms. The van der Waals surface area contributed by atoms with E-state index < -0.39 is 0 Å². The van der Waals surface area contributed by atoms with E-state index in [1.165, 1.54) is 25.3 Å². The van der Waals surface area contributed by atoms with Gasteiger partial charge in [-0.2, -0.15) is 11.8 Å². The highest BCUT2D eigenvalue weighted by Gasteiger charge is 2.39. The monoisotopic (exact) mass is 286 g/mol. The number of nitrogens with zero attached hydrogens (tertiary/aromatic N) is 1. The maximum atomic E-state index is 5.72. The van der Waals surface area contributed by atoms with Crippen molar-refractivity contribution in [1.82, 2.24) is 10.2 Å². The third-order valence-corrected chi connectivity index (χ3v) is 5.96. The molecule has 0 aromatic heterocycles. The van der Waals surface area contributed by atoms with Crippen LogP contribution in [0.1, 0.15) is 34.1 Å². The van der Waals surface area contributed by atoms with Crippen molar-refractivity contribution in [1.29, 1.82) is 0 Å². The summed E-state index contributed by atoms with van der Waals surface area (Å²) in [5.41, 5.74) is 0.334. The van der Waals surface area contributed by atoms with Crippen molar-refractivity contribution in [2.24, 2.45) is 5.41 Å². The summed E-state index contributed by atoms with van der Waals surface area (Å²) < 4.78 is 5.72. The van der Waals surface area contributed by atoms with Crippen LogP contribution in [-0.4, -0.2) is 60.8 Å². The number of hydrogen-bond acceptors (Lipinski definition) is 4. The average molecular weight is 286 g/mol. The molecule has 2 heterocycles. The minimum absolute atomic E-state index is 0.334. The Labute approximate surface area is 122 Å². The summed E-state index contributed by atoms with van der Waals surface area (Å²) in [4.78, 5) is 2.69. The first-order valence-corrected chi connectivity index (χ1v) is 8.74. The second-order valence-electron chi connectivity index (χ2n) is 6.63. The highest BCUT2D eigenvalue weighted by Crippen LogP contribution is 2.33. The minimum atomic E-state index is 0.334. The summed E-state index contributed by atoms with van der Waals surface area (Å²) >= 11 is 2.12. The van der Waals surface area contributed by atoms with E-state index in [-0.39, 0.29) is 0 Å². The summed E-state index contributed by atoms with van der Waals surface area (Å²) in [5.74, 6) is 1.28. The first-order valence-electron chi connectivity index (χ1n) is 7.69. The Morgan fingerprint density at radius 2 is 2.21 bits per heavy atom. The molecule has 2 fully saturated rings. The third kappa shape index (κ3) is 4.10. The van der Waals surface area contributed by atoms with Gasteiger partial charge in [-0.25, -0.2) is 0 Å². The summed E-state index contributed by atoms with van der Waals surface area (Å²) in [6.45, 7) is 14.6. The molecule has 2 saturated heterocycles. The average Bonchev–Trinajstić information content (AvgIpc) is 2.82. The molecule has 112 valence electrons. The van der Waals surface area contributed by atoms with Crippen molar-refractivity contribution in [3.63, 3.8) is 0 Å². The first kappa shape index (κ1) is 15.6. The van der Waals surface area contributed by atoms with Crippen molar-refractivity contribution in [3.8, 4) is 0 Å². The lowest BCUT2D eigenvalue weighted by Crippen LogP contribution is -2.52. The normalized spacial score (nSPS) is 37.1. The number of rotatable bonds is 5. The zero-order valence-electron chi connectivity index (χ0n) is 12.9. The maximum absolute atomic E-state index is 5.72. The van der Waals surface area contributed by atoms with Gasteiger partial charge >= 0.3 is 0 Å². The van der Waals surface area contributed by atoms with Gasteiger partial charge in [0.2, 0.25) is 0 Å². The Morgan fingerprint density at radius 3 is 2.84 bits per heavy atom. The van der Waals surface area contributed by atoms with E-state index in [0.29, 0.717) is 17.5 Å². The quantitative estimate of drug-likeness (QED) is 0.837. The second-order valence-corrected chi connectivity index (χ2v) is 8.11. The predicted octanol–water partition coefficient (Wildman–Crippen LogP) is 2.22. The molecule has 2 rings (SSSR count). The molecule has 0 aliphatic carbocycles. The summed E-state index contributed by atoms with van der Waals surface area (Å²) in [6, 6.07) is 1.25. The van der Waals surface area contributed by atoms with Gasteiger partial charge in [0.1, 0.15) is 0 Å². The van der Waals surface area contributed by atoms with Gasteiger partial charge in [-0.05, 0) is 13.3 Å². The molecule has 2 aliphatic heterocycles. The summed E-state index contributed by atoms with van der Waals surface area (Å²) in [7, 11) is 0. The van der Waals surface area contributed by atoms with Crippen LogP contribution in [0.15, 0.2) is 0 Å². The summed E-state index contributed by atoms with van der Waals surface area (Å²) in [5, 5.41) is 4.39. The lowest BCUT2D eigenvalue weighted by molar-refractivity contribution is 0.0891. The molecular weight excluding hydrogens is 256 g/mol. The molecule has 19 heavy (non-hydrogen) atoms. The Bertz CT molecular complexity index is 279. The van der Waals surface area contributed by atoms with Crippen molar-refractivity contribution < 1.29 is 4.74 Å². The van der Waals surface area contributed by atoms with Crippen LogP contribution in [0.25, 0.3) is 0 Å². The SMILES string of the molecule is CC(C)NCC1(CN2CCSC(C)C2C)CCOC1. The van der Waals surface area contributed by atoms with E-state index in [1.54, 1.807) is 0 Å². The van der Waals surface area contributed by atoms with E-state index in [9.17, 15) is 0 Å². The van der Waals surface area contributed by atoms with Crippen LogP contribution >= 0.6 is 11.8 Å². The first-order chi connectivity index (χ1) is 9.02. The largest absolute Gasteiger partial charge is 0.381 e. The van der Waals surface area contributed by atoms with E-state index in [0.717, 1.165) is 25.0 Å². The van der Waals surface area contributed by atoms with Crippen molar-refractivity contribution in [2.75, 3.05) is 38.6 Å². The maximum Gasteiger partial charge on any atom is 0.0547 e. The molecule has 0 saturated carbocycles. The number of hydrogen-bond donors (Lipinski definition) is 1. The minimum Gasteiger partial charge on any atom is -0.381 e. The van der Waals surface area contributed by atoms with Crippen LogP contribution in [-0.2, 0) is 4.74 Å². The molecule has 3 nitrogen and oxygen atoms in total. The molecule has 1 N–H and O–H groups in total. The zero-order chi connectivity index (χ0) is 13.9. The van der Waals surface area contributed by atoms with Gasteiger partial charge in [-0.3, -0.25) is 4.90 Å². The fourth-order valence-electron chi connectivity index (χ4n) is 3.04. The fourth-order valence-corrected chi connectivity index (χ4v) is 4.20. The number of ether oxygens (including phenoxy) is 1. The van der Waals surface area contributed by atoms with Gasteiger partial charge in [0.25, 0.3) is 0 Å². The van der Waals surface area contributed by atoms with E-state index in [2.05, 4.69) is 49.7 Å². The Balaban J connectivity index is 1.95. The van der Waals surface area contributed by atoms with E-state index in [4.69, 9.17) is 4.74 Å². The molecular formula is C15H30N2OS. The second kappa shape index (κ2) is 6.79. The van der Waals surface area contributed by atoms with Crippen LogP contribution in [0.3, 0.4) is 0 Å². The van der Waals surface area contributed by atoms with E-state index >= 15 is 0 Å². The molecule has 0 aromatic carbocycles. The molecule has 3 unspecified atom stereocenters. The lowest BCUT2D eigenvalue weighted by atomic mass is 9.85. The van der Waals surface area contributed by atoms with Crippen LogP contribution in [0.5, 0.6) is 0 Å². The van der Waals surface area contributed by atoms with Crippen molar-refractivity contribution >= 4 is 11.8 Å². The number of thioether (sulfide) groups is 1. The van der Waals surface area contributed by atoms with Crippen LogP contribution in [0.4, 0.5) is 0 Å². The standard InChI is InChI=1S/C15H30N2OS/c1-12(2)16-9-15(5-7-18-11-15)10-17-6-8-19-14(4)13(17)3/h12-14,16H,5-11H2,1-4H3. The molecule has 0 spiro atoms. The molecule has 0 bridgehead atoms. The van der Waals surface area contributed by atoms with Gasteiger partial charge < -0.3 is 10.1 Å². The highest BCUT2D eigenvalue weighted by molar-refractivity contribution is 8.00. The Kier molecular flexibility index (Phi) is 5.58. The van der Waals surface area contributed by atoms with Crippen LogP contribution in [0, 0.1) is 5.41 Å². The zero-order valence-corrected chi connectivity index (χ0v) is 13.8. The van der Waals surface area contributed by atoms with Gasteiger partial charge in [-0.15, -0.1) is 0 Å². The van der Waals surface area contributed by atoms with Crippen molar-refractivity contribution in [3.05, 3.63) is 0 Å². The van der Waals surface area contributed by atoms with Crippen molar-refractivity contribution in [2.45, 2.75) is 51.4 Å². The molecule has 0 radical (unpaired) electrons. The molecule has 2 aliphatic rings. The fraction of sp³-hybridized carbons (Fsp3) is 1.00. The van der Waals surface area contributed by atoms with Gasteiger partial charge in [0, 0.05) is 54.7 Å². The molecule has 0 amide bonds. The predicted molar refractivity (Wildman–Crippen MR) is 84.0 cm³/mol. The van der Waals surface area contributed by atoms with Gasteiger partial charge in [-0.1, -0.05) is 20.8 Å². The van der Waals surface area contributed by atoms with E-state index in [1.807, 2.05) is 0 Å². The molecule has 0 aromatic rings. The smallest absolute Gasteiger partial charge is 0.0547 e. The highest BCUT2D eigenvalue weighted by atomic mass is 32.2. The topological polar surface area (TPSA) is 24.5 Å². The number of nitrogens with one attached hydrogen (secondary N) is 1. The molecule has 3 atom stereocenters. The van der Waals surface area contributed by atoms with Crippen LogP contribution < -0.4 is 5.32 Å². The third-order valence-electron chi connectivity index (χ3n) is 4.62. The Morgan fingerprint density at radius 1 is 1.42 bits per heavy atom. The lowest BCUT2D eigenvalue weighted by Gasteiger charge is -2.42. The van der Waals surface area contributed by atoms with Gasteiger partial charge in [0.05, 0.1) is 6.61 Å². The van der Waals surface area contributed by atoms with Gasteiger partial charge in [0.15, 0.2) is 0 Å². The Hall–Kier alpha value is 0.230. The van der Waals surface area contributed by atoms with Crippen LogP contribution in [0.2, 0.25) is 0 Å².